The first-order chi connectivity index (χ1) is 9.66. The molecule has 1 aliphatic carbocycles. The van der Waals surface area contributed by atoms with Crippen LogP contribution in [0.2, 0.25) is 0 Å². The van der Waals surface area contributed by atoms with Crippen molar-refractivity contribution in [2.75, 3.05) is 20.2 Å². The number of rotatable bonds is 1. The summed E-state index contributed by atoms with van der Waals surface area (Å²) in [6, 6.07) is 0.190. The Balaban J connectivity index is 1.75. The van der Waals surface area contributed by atoms with E-state index >= 15 is 0 Å². The van der Waals surface area contributed by atoms with E-state index in [9.17, 15) is 9.59 Å². The molecule has 0 aromatic rings. The Hall–Kier alpha value is -1.43. The van der Waals surface area contributed by atoms with Gasteiger partial charge < -0.3 is 9.64 Å². The van der Waals surface area contributed by atoms with Gasteiger partial charge in [-0.05, 0) is 12.8 Å². The van der Waals surface area contributed by atoms with Crippen LogP contribution in [-0.2, 0) is 14.3 Å². The number of ether oxygens (including phenoxy) is 1. The van der Waals surface area contributed by atoms with Gasteiger partial charge in [-0.25, -0.2) is 5.01 Å². The SMILES string of the molecule is CN1N=C(C(=O)N2CCOC3CCCCC32)CCC1=O. The number of nitrogens with zero attached hydrogens (tertiary/aromatic N) is 3. The Labute approximate surface area is 118 Å². The number of fused-ring (bicyclic) bond motifs is 1. The van der Waals surface area contributed by atoms with Crippen LogP contribution in [0, 0.1) is 0 Å². The van der Waals surface area contributed by atoms with Crippen molar-refractivity contribution in [2.45, 2.75) is 50.7 Å². The molecule has 3 aliphatic rings. The monoisotopic (exact) mass is 279 g/mol. The molecule has 6 nitrogen and oxygen atoms in total. The van der Waals surface area contributed by atoms with Crippen LogP contribution in [0.4, 0.5) is 0 Å². The maximum Gasteiger partial charge on any atom is 0.270 e. The molecule has 2 aliphatic heterocycles. The second-order valence-corrected chi connectivity index (χ2v) is 5.72. The third-order valence-electron chi connectivity index (χ3n) is 4.45. The molecule has 3 rings (SSSR count). The predicted octanol–water partition coefficient (Wildman–Crippen LogP) is 0.765. The minimum absolute atomic E-state index is 0.00968. The fourth-order valence-electron chi connectivity index (χ4n) is 3.34. The summed E-state index contributed by atoms with van der Waals surface area (Å²) in [7, 11) is 1.61. The van der Waals surface area contributed by atoms with Gasteiger partial charge in [-0.1, -0.05) is 12.8 Å². The third-order valence-corrected chi connectivity index (χ3v) is 4.45. The molecule has 0 radical (unpaired) electrons. The lowest BCUT2D eigenvalue weighted by atomic mass is 9.89. The van der Waals surface area contributed by atoms with Gasteiger partial charge in [-0.3, -0.25) is 9.59 Å². The maximum absolute atomic E-state index is 12.7. The molecular weight excluding hydrogens is 258 g/mol. The molecule has 1 saturated carbocycles. The fraction of sp³-hybridized carbons (Fsp3) is 0.786. The zero-order valence-corrected chi connectivity index (χ0v) is 11.9. The molecule has 0 N–H and O–H groups in total. The first-order valence-electron chi connectivity index (χ1n) is 7.43. The topological polar surface area (TPSA) is 62.2 Å². The Kier molecular flexibility index (Phi) is 3.74. The van der Waals surface area contributed by atoms with Crippen molar-refractivity contribution in [1.82, 2.24) is 9.91 Å². The van der Waals surface area contributed by atoms with Crippen LogP contribution < -0.4 is 0 Å². The third kappa shape index (κ3) is 2.44. The summed E-state index contributed by atoms with van der Waals surface area (Å²) >= 11 is 0. The van der Waals surface area contributed by atoms with Crippen molar-refractivity contribution >= 4 is 17.5 Å². The lowest BCUT2D eigenvalue weighted by Crippen LogP contribution is -2.56. The van der Waals surface area contributed by atoms with Crippen molar-refractivity contribution in [1.29, 1.82) is 0 Å². The summed E-state index contributed by atoms with van der Waals surface area (Å²) in [5, 5.41) is 5.43. The minimum atomic E-state index is -0.0286. The summed E-state index contributed by atoms with van der Waals surface area (Å²) in [5.41, 5.74) is 0.512. The van der Waals surface area contributed by atoms with Gasteiger partial charge in [0.15, 0.2) is 0 Å². The molecule has 2 unspecified atom stereocenters. The first kappa shape index (κ1) is 13.5. The van der Waals surface area contributed by atoms with Crippen LogP contribution in [-0.4, -0.2) is 59.8 Å². The highest BCUT2D eigenvalue weighted by Crippen LogP contribution is 2.29. The molecule has 1 saturated heterocycles. The maximum atomic E-state index is 12.7. The average molecular weight is 279 g/mol. The van der Waals surface area contributed by atoms with E-state index in [0.717, 1.165) is 19.3 Å². The van der Waals surface area contributed by atoms with Crippen molar-refractivity contribution < 1.29 is 14.3 Å². The van der Waals surface area contributed by atoms with E-state index in [1.54, 1.807) is 7.05 Å². The molecule has 2 atom stereocenters. The van der Waals surface area contributed by atoms with Crippen LogP contribution in [0.25, 0.3) is 0 Å². The van der Waals surface area contributed by atoms with Crippen molar-refractivity contribution in [2.24, 2.45) is 5.10 Å². The summed E-state index contributed by atoms with van der Waals surface area (Å²) in [6.45, 7) is 1.24. The van der Waals surface area contributed by atoms with Gasteiger partial charge in [-0.2, -0.15) is 5.10 Å². The number of morpholine rings is 1. The number of carbonyl (C=O) groups is 2. The molecule has 2 amide bonds. The fourth-order valence-corrected chi connectivity index (χ4v) is 3.34. The highest BCUT2D eigenvalue weighted by molar-refractivity contribution is 6.39. The van der Waals surface area contributed by atoms with Crippen LogP contribution in [0.1, 0.15) is 38.5 Å². The quantitative estimate of drug-likeness (QED) is 0.712. The second kappa shape index (κ2) is 5.52. The predicted molar refractivity (Wildman–Crippen MR) is 73.1 cm³/mol. The number of hydrogen-bond acceptors (Lipinski definition) is 4. The van der Waals surface area contributed by atoms with E-state index in [-0.39, 0.29) is 24.0 Å². The number of hydrogen-bond donors (Lipinski definition) is 0. The molecule has 0 bridgehead atoms. The van der Waals surface area contributed by atoms with Crippen molar-refractivity contribution in [3.63, 3.8) is 0 Å². The zero-order valence-electron chi connectivity index (χ0n) is 11.9. The van der Waals surface area contributed by atoms with E-state index in [0.29, 0.717) is 31.7 Å². The lowest BCUT2D eigenvalue weighted by Gasteiger charge is -2.44. The summed E-state index contributed by atoms with van der Waals surface area (Å²) in [5.74, 6) is -0.0383. The standard InChI is InChI=1S/C14H21N3O3/c1-16-13(18)7-6-10(15-16)14(19)17-8-9-20-12-5-3-2-4-11(12)17/h11-12H,2-9H2,1H3. The van der Waals surface area contributed by atoms with E-state index in [4.69, 9.17) is 4.74 Å². The van der Waals surface area contributed by atoms with Gasteiger partial charge >= 0.3 is 0 Å². The average Bonchev–Trinajstić information content (AvgIpc) is 2.49. The van der Waals surface area contributed by atoms with E-state index in [1.165, 1.54) is 11.4 Å². The minimum Gasteiger partial charge on any atom is -0.374 e. The van der Waals surface area contributed by atoms with Crippen LogP contribution in [0.3, 0.4) is 0 Å². The molecule has 0 aromatic heterocycles. The Bertz CT molecular complexity index is 447. The largest absolute Gasteiger partial charge is 0.374 e. The smallest absolute Gasteiger partial charge is 0.270 e. The summed E-state index contributed by atoms with van der Waals surface area (Å²) in [6.07, 6.45) is 5.40. The second-order valence-electron chi connectivity index (χ2n) is 5.72. The highest BCUT2D eigenvalue weighted by atomic mass is 16.5. The van der Waals surface area contributed by atoms with Gasteiger partial charge in [0.05, 0.1) is 18.8 Å². The van der Waals surface area contributed by atoms with Crippen molar-refractivity contribution in [3.05, 3.63) is 0 Å². The van der Waals surface area contributed by atoms with E-state index in [1.807, 2.05) is 4.90 Å². The van der Waals surface area contributed by atoms with Crippen LogP contribution in [0.15, 0.2) is 5.10 Å². The van der Waals surface area contributed by atoms with Gasteiger partial charge in [-0.15, -0.1) is 0 Å². The number of carbonyl (C=O) groups excluding carboxylic acids is 2. The van der Waals surface area contributed by atoms with Gasteiger partial charge in [0.2, 0.25) is 5.91 Å². The molecule has 2 fully saturated rings. The van der Waals surface area contributed by atoms with E-state index < -0.39 is 0 Å². The molecule has 110 valence electrons. The van der Waals surface area contributed by atoms with Gasteiger partial charge in [0.25, 0.3) is 5.91 Å². The molecule has 0 spiro atoms. The van der Waals surface area contributed by atoms with Crippen molar-refractivity contribution in [3.8, 4) is 0 Å². The number of hydrazone groups is 1. The summed E-state index contributed by atoms with van der Waals surface area (Å²) in [4.78, 5) is 26.0. The zero-order chi connectivity index (χ0) is 14.1. The van der Waals surface area contributed by atoms with Gasteiger partial charge in [0.1, 0.15) is 5.71 Å². The highest BCUT2D eigenvalue weighted by Gasteiger charge is 2.38. The van der Waals surface area contributed by atoms with Crippen LogP contribution in [0.5, 0.6) is 0 Å². The number of amides is 2. The van der Waals surface area contributed by atoms with Gasteiger partial charge in [0, 0.05) is 26.4 Å². The first-order valence-corrected chi connectivity index (χ1v) is 7.43. The molecule has 6 heteroatoms. The Morgan fingerprint density at radius 3 is 2.90 bits per heavy atom. The molecule has 2 heterocycles. The Morgan fingerprint density at radius 2 is 2.10 bits per heavy atom. The Morgan fingerprint density at radius 1 is 1.30 bits per heavy atom. The molecular formula is C14H21N3O3. The van der Waals surface area contributed by atoms with Crippen LogP contribution >= 0.6 is 0 Å². The normalized spacial score (nSPS) is 30.9. The summed E-state index contributed by atoms with van der Waals surface area (Å²) < 4.78 is 5.79. The van der Waals surface area contributed by atoms with E-state index in [2.05, 4.69) is 5.10 Å². The molecule has 0 aromatic carbocycles. The molecule has 20 heavy (non-hydrogen) atoms. The lowest BCUT2D eigenvalue weighted by molar-refractivity contribution is -0.143.